The second-order valence-electron chi connectivity index (χ2n) is 5.57. The number of benzene rings is 1. The van der Waals surface area contributed by atoms with Crippen LogP contribution in [0.4, 0.5) is 11.4 Å². The molecule has 2 fully saturated rings. The van der Waals surface area contributed by atoms with Crippen molar-refractivity contribution in [2.24, 2.45) is 0 Å². The summed E-state index contributed by atoms with van der Waals surface area (Å²) in [6.07, 6.45) is 3.09. The zero-order chi connectivity index (χ0) is 12.7. The zero-order valence-corrected chi connectivity index (χ0v) is 11.2. The van der Waals surface area contributed by atoms with Gasteiger partial charge in [0.1, 0.15) is 0 Å². The average molecular weight is 260 g/mol. The Labute approximate surface area is 113 Å². The Morgan fingerprint density at radius 1 is 1.11 bits per heavy atom. The third-order valence-electron chi connectivity index (χ3n) is 4.52. The maximum absolute atomic E-state index is 5.80. The van der Waals surface area contributed by atoms with Gasteiger partial charge < -0.3 is 19.7 Å². The van der Waals surface area contributed by atoms with Gasteiger partial charge in [0, 0.05) is 49.4 Å². The summed E-state index contributed by atoms with van der Waals surface area (Å²) in [4.78, 5) is 2.49. The fraction of sp³-hybridized carbons (Fsp3) is 0.600. The lowest BCUT2D eigenvalue weighted by atomic mass is 10.0. The minimum Gasteiger partial charge on any atom is -0.384 e. The van der Waals surface area contributed by atoms with Crippen molar-refractivity contribution >= 4 is 11.4 Å². The van der Waals surface area contributed by atoms with Crippen molar-refractivity contribution in [2.75, 3.05) is 43.1 Å². The topological polar surface area (TPSA) is 33.7 Å². The number of nitrogens with zero attached hydrogens (tertiary/aromatic N) is 1. The van der Waals surface area contributed by atoms with Crippen molar-refractivity contribution in [3.63, 3.8) is 0 Å². The van der Waals surface area contributed by atoms with Gasteiger partial charge in [-0.1, -0.05) is 6.07 Å². The first-order valence-electron chi connectivity index (χ1n) is 7.25. The Bertz CT molecular complexity index is 473. The molecule has 3 heterocycles. The van der Waals surface area contributed by atoms with Crippen molar-refractivity contribution in [1.29, 1.82) is 0 Å². The van der Waals surface area contributed by atoms with E-state index in [1.165, 1.54) is 16.9 Å². The van der Waals surface area contributed by atoms with Crippen LogP contribution in [-0.2, 0) is 15.9 Å². The van der Waals surface area contributed by atoms with Gasteiger partial charge in [-0.05, 0) is 18.6 Å². The van der Waals surface area contributed by atoms with Crippen LogP contribution < -0.4 is 10.2 Å². The lowest BCUT2D eigenvalue weighted by Crippen LogP contribution is -2.45. The first-order chi connectivity index (χ1) is 9.36. The molecule has 0 unspecified atom stereocenters. The van der Waals surface area contributed by atoms with Crippen LogP contribution in [0.3, 0.4) is 0 Å². The first-order valence-corrected chi connectivity index (χ1v) is 7.25. The van der Waals surface area contributed by atoms with Crippen molar-refractivity contribution < 1.29 is 9.47 Å². The number of hydrogen-bond donors (Lipinski definition) is 1. The van der Waals surface area contributed by atoms with Gasteiger partial charge >= 0.3 is 0 Å². The molecule has 0 atom stereocenters. The minimum absolute atomic E-state index is 0.271. The number of hydrogen-bond acceptors (Lipinski definition) is 4. The molecule has 1 N–H and O–H groups in total. The predicted molar refractivity (Wildman–Crippen MR) is 74.7 cm³/mol. The maximum Gasteiger partial charge on any atom is 0.171 e. The molecule has 2 saturated heterocycles. The van der Waals surface area contributed by atoms with Crippen molar-refractivity contribution in [3.8, 4) is 0 Å². The first kappa shape index (κ1) is 11.6. The summed E-state index contributed by atoms with van der Waals surface area (Å²) in [7, 11) is 0. The van der Waals surface area contributed by atoms with Crippen molar-refractivity contribution in [3.05, 3.63) is 23.8 Å². The van der Waals surface area contributed by atoms with Gasteiger partial charge in [-0.25, -0.2) is 0 Å². The molecule has 0 aromatic heterocycles. The number of anilines is 2. The van der Waals surface area contributed by atoms with Gasteiger partial charge in [0.15, 0.2) is 5.79 Å². The molecular weight excluding hydrogens is 240 g/mol. The molecule has 4 rings (SSSR count). The molecule has 1 aromatic carbocycles. The molecule has 0 saturated carbocycles. The normalized spacial score (nSPS) is 24.5. The standard InChI is InChI=1S/C15H20N2O2/c1-2-13-12(4-7-16-13)14(3-1)17-8-5-15(6-9-17)18-10-11-19-15/h1-3,16H,4-11H2. The molecule has 3 aliphatic rings. The largest absolute Gasteiger partial charge is 0.384 e. The SMILES string of the molecule is c1cc2c(c(N3CCC4(CC3)OCCO4)c1)CCN2. The Hall–Kier alpha value is -1.26. The van der Waals surface area contributed by atoms with E-state index in [1.54, 1.807) is 0 Å². The van der Waals surface area contributed by atoms with E-state index in [-0.39, 0.29) is 5.79 Å². The minimum atomic E-state index is -0.271. The average Bonchev–Trinajstić information content (AvgIpc) is 3.09. The van der Waals surface area contributed by atoms with Crippen LogP contribution in [0.15, 0.2) is 18.2 Å². The van der Waals surface area contributed by atoms with E-state index < -0.39 is 0 Å². The van der Waals surface area contributed by atoms with Crippen LogP contribution in [-0.4, -0.2) is 38.6 Å². The summed E-state index contributed by atoms with van der Waals surface area (Å²) in [6, 6.07) is 6.58. The van der Waals surface area contributed by atoms with Crippen molar-refractivity contribution in [2.45, 2.75) is 25.0 Å². The Balaban J connectivity index is 1.54. The number of rotatable bonds is 1. The molecule has 102 valence electrons. The van der Waals surface area contributed by atoms with Gasteiger partial charge in [-0.3, -0.25) is 0 Å². The predicted octanol–water partition coefficient (Wildman–Crippen LogP) is 2.00. The monoisotopic (exact) mass is 260 g/mol. The summed E-state index contributed by atoms with van der Waals surface area (Å²) >= 11 is 0. The van der Waals surface area contributed by atoms with E-state index in [0.29, 0.717) is 0 Å². The second-order valence-corrected chi connectivity index (χ2v) is 5.57. The second kappa shape index (κ2) is 4.39. The molecular formula is C15H20N2O2. The third-order valence-corrected chi connectivity index (χ3v) is 4.52. The van der Waals surface area contributed by atoms with Gasteiger partial charge in [0.2, 0.25) is 0 Å². The van der Waals surface area contributed by atoms with Gasteiger partial charge in [-0.15, -0.1) is 0 Å². The van der Waals surface area contributed by atoms with E-state index in [0.717, 1.165) is 52.1 Å². The lowest BCUT2D eigenvalue weighted by molar-refractivity contribution is -0.169. The van der Waals surface area contributed by atoms with Gasteiger partial charge in [0.25, 0.3) is 0 Å². The van der Waals surface area contributed by atoms with Crippen LogP contribution in [0, 0.1) is 0 Å². The summed E-state index contributed by atoms with van der Waals surface area (Å²) in [6.45, 7) is 4.62. The number of nitrogens with one attached hydrogen (secondary N) is 1. The molecule has 1 aromatic rings. The highest BCUT2D eigenvalue weighted by molar-refractivity contribution is 5.69. The molecule has 1 spiro atoms. The van der Waals surface area contributed by atoms with E-state index >= 15 is 0 Å². The van der Waals surface area contributed by atoms with E-state index in [4.69, 9.17) is 9.47 Å². The van der Waals surface area contributed by atoms with Crippen LogP contribution in [0.1, 0.15) is 18.4 Å². The molecule has 0 amide bonds. The molecule has 3 aliphatic heterocycles. The number of fused-ring (bicyclic) bond motifs is 1. The quantitative estimate of drug-likeness (QED) is 0.837. The lowest BCUT2D eigenvalue weighted by Gasteiger charge is -2.39. The number of piperidine rings is 1. The van der Waals surface area contributed by atoms with Gasteiger partial charge in [-0.2, -0.15) is 0 Å². The highest BCUT2D eigenvalue weighted by Crippen LogP contribution is 2.37. The van der Waals surface area contributed by atoms with E-state index in [9.17, 15) is 0 Å². The third kappa shape index (κ3) is 1.90. The smallest absolute Gasteiger partial charge is 0.171 e. The molecule has 4 nitrogen and oxygen atoms in total. The summed E-state index contributed by atoms with van der Waals surface area (Å²) < 4.78 is 11.6. The molecule has 4 heteroatoms. The molecule has 0 bridgehead atoms. The molecule has 19 heavy (non-hydrogen) atoms. The highest BCUT2D eigenvalue weighted by atomic mass is 16.7. The fourth-order valence-corrected chi connectivity index (χ4v) is 3.50. The van der Waals surface area contributed by atoms with Crippen molar-refractivity contribution in [1.82, 2.24) is 0 Å². The van der Waals surface area contributed by atoms with E-state index in [2.05, 4.69) is 28.4 Å². The Morgan fingerprint density at radius 2 is 1.89 bits per heavy atom. The Morgan fingerprint density at radius 3 is 2.68 bits per heavy atom. The maximum atomic E-state index is 5.80. The van der Waals surface area contributed by atoms with Crippen LogP contribution in [0.2, 0.25) is 0 Å². The summed E-state index contributed by atoms with van der Waals surface area (Å²) in [5, 5.41) is 3.45. The van der Waals surface area contributed by atoms with Crippen LogP contribution >= 0.6 is 0 Å². The van der Waals surface area contributed by atoms with E-state index in [1.807, 2.05) is 0 Å². The van der Waals surface area contributed by atoms with Crippen LogP contribution in [0.5, 0.6) is 0 Å². The summed E-state index contributed by atoms with van der Waals surface area (Å²) in [5.74, 6) is -0.271. The molecule has 0 aliphatic carbocycles. The summed E-state index contributed by atoms with van der Waals surface area (Å²) in [5.41, 5.74) is 4.19. The molecule has 0 radical (unpaired) electrons. The van der Waals surface area contributed by atoms with Gasteiger partial charge in [0.05, 0.1) is 13.2 Å². The zero-order valence-electron chi connectivity index (χ0n) is 11.2. The fourth-order valence-electron chi connectivity index (χ4n) is 3.50. The van der Waals surface area contributed by atoms with Crippen LogP contribution in [0.25, 0.3) is 0 Å². The highest BCUT2D eigenvalue weighted by Gasteiger charge is 2.40. The number of ether oxygens (including phenoxy) is 2. The Kier molecular flexibility index (Phi) is 2.67.